The SMILES string of the molecule is c1ccc2c(c1)oc1ccc(N(c3ccc4oc5ccccc5c4c3)c3cc4oc5c(ccc6c5oc5cc(N(c7ccc8oc9ccccc9c8c7)c7ccc8oc9ccccc9c8c7)c7ccccc7c56)c4c4ccccc34)cc12. The van der Waals surface area contributed by atoms with Crippen LogP contribution in [0.4, 0.5) is 34.1 Å². The molecule has 382 valence electrons. The Morgan fingerprint density at radius 2 is 0.451 bits per heavy atom. The topological polar surface area (TPSA) is 85.3 Å². The fourth-order valence-electron chi connectivity index (χ4n) is 13.4. The molecule has 8 heteroatoms. The average Bonchev–Trinajstić information content (AvgIpc) is 3.70. The number of hydrogen-bond donors (Lipinski definition) is 0. The lowest BCUT2D eigenvalue weighted by molar-refractivity contribution is 0.633. The highest BCUT2D eigenvalue weighted by atomic mass is 16.4. The summed E-state index contributed by atoms with van der Waals surface area (Å²) in [5, 5.41) is 16.6. The number of benzene rings is 13. The van der Waals surface area contributed by atoms with Crippen molar-refractivity contribution in [1.82, 2.24) is 0 Å². The smallest absolute Gasteiger partial charge is 0.178 e. The van der Waals surface area contributed by atoms with Gasteiger partial charge < -0.3 is 36.3 Å². The van der Waals surface area contributed by atoms with Crippen LogP contribution in [0.1, 0.15) is 0 Å². The maximum absolute atomic E-state index is 7.28. The Hall–Kier alpha value is -11.2. The van der Waals surface area contributed by atoms with E-state index in [1.165, 1.54) is 0 Å². The van der Waals surface area contributed by atoms with Crippen molar-refractivity contribution in [2.75, 3.05) is 9.80 Å². The molecule has 6 aromatic heterocycles. The number of hydrogen-bond acceptors (Lipinski definition) is 8. The van der Waals surface area contributed by atoms with Crippen molar-refractivity contribution >= 4 is 187 Å². The van der Waals surface area contributed by atoms with Crippen LogP contribution in [-0.4, -0.2) is 0 Å². The van der Waals surface area contributed by atoms with E-state index in [2.05, 4.69) is 204 Å². The van der Waals surface area contributed by atoms with Gasteiger partial charge in [-0.05, 0) is 120 Å². The van der Waals surface area contributed by atoms with Crippen LogP contribution in [0.3, 0.4) is 0 Å². The number of nitrogens with zero attached hydrogens (tertiary/aromatic N) is 2. The molecule has 0 aliphatic heterocycles. The second-order valence-corrected chi connectivity index (χ2v) is 21.4. The van der Waals surface area contributed by atoms with E-state index in [0.717, 1.165) is 176 Å². The molecular weight excluding hydrogens is 1010 g/mol. The molecule has 0 spiro atoms. The molecule has 19 aromatic rings. The fraction of sp³-hybridized carbons (Fsp3) is 0. The minimum Gasteiger partial charge on any atom is -0.456 e. The fourth-order valence-corrected chi connectivity index (χ4v) is 13.4. The monoisotopic (exact) mass is 1050 g/mol. The van der Waals surface area contributed by atoms with E-state index in [1.807, 2.05) is 48.5 Å². The van der Waals surface area contributed by atoms with Crippen LogP contribution in [0.15, 0.2) is 269 Å². The largest absolute Gasteiger partial charge is 0.456 e. The Bertz CT molecular complexity index is 5350. The zero-order valence-electron chi connectivity index (χ0n) is 43.4. The Labute approximate surface area is 463 Å². The number of anilines is 6. The van der Waals surface area contributed by atoms with Crippen LogP contribution >= 0.6 is 0 Å². The molecule has 0 fully saturated rings. The molecule has 0 saturated carbocycles. The van der Waals surface area contributed by atoms with Crippen LogP contribution in [-0.2, 0) is 0 Å². The van der Waals surface area contributed by atoms with Gasteiger partial charge in [0, 0.05) is 110 Å². The Kier molecular flexibility index (Phi) is 8.63. The van der Waals surface area contributed by atoms with Crippen molar-refractivity contribution < 1.29 is 26.5 Å². The van der Waals surface area contributed by atoms with Gasteiger partial charge in [-0.2, -0.15) is 0 Å². The maximum Gasteiger partial charge on any atom is 0.178 e. The Balaban J connectivity index is 0.848. The molecule has 0 aliphatic rings. The van der Waals surface area contributed by atoms with Crippen molar-refractivity contribution in [2.45, 2.75) is 0 Å². The quantitative estimate of drug-likeness (QED) is 0.163. The summed E-state index contributed by atoms with van der Waals surface area (Å²) in [4.78, 5) is 4.68. The summed E-state index contributed by atoms with van der Waals surface area (Å²) < 4.78 is 40.1. The first-order chi connectivity index (χ1) is 40.6. The van der Waals surface area contributed by atoms with Gasteiger partial charge in [-0.25, -0.2) is 0 Å². The molecule has 0 atom stereocenters. The first kappa shape index (κ1) is 43.7. The van der Waals surface area contributed by atoms with E-state index in [-0.39, 0.29) is 0 Å². The second kappa shape index (κ2) is 16.2. The normalized spacial score (nSPS) is 12.4. The van der Waals surface area contributed by atoms with Gasteiger partial charge in [-0.3, -0.25) is 0 Å². The molecule has 13 aromatic carbocycles. The lowest BCUT2D eigenvalue weighted by atomic mass is 9.98. The van der Waals surface area contributed by atoms with Crippen LogP contribution in [0.2, 0.25) is 0 Å². The van der Waals surface area contributed by atoms with Crippen LogP contribution in [0.25, 0.3) is 153 Å². The molecule has 0 bridgehead atoms. The third kappa shape index (κ3) is 6.09. The van der Waals surface area contributed by atoms with Gasteiger partial charge in [0.25, 0.3) is 0 Å². The highest BCUT2D eigenvalue weighted by molar-refractivity contribution is 6.30. The number of furan rings is 6. The Morgan fingerprint density at radius 3 is 0.768 bits per heavy atom. The number of rotatable bonds is 6. The Morgan fingerprint density at radius 1 is 0.183 bits per heavy atom. The molecule has 8 nitrogen and oxygen atoms in total. The molecule has 0 saturated heterocycles. The number of fused-ring (bicyclic) bond motifs is 23. The van der Waals surface area contributed by atoms with E-state index >= 15 is 0 Å². The summed E-state index contributed by atoms with van der Waals surface area (Å²) in [6, 6.07) is 84.9. The molecule has 0 amide bonds. The molecule has 0 aliphatic carbocycles. The van der Waals surface area contributed by atoms with Gasteiger partial charge in [0.2, 0.25) is 0 Å². The molecule has 0 radical (unpaired) electrons. The first-order valence-electron chi connectivity index (χ1n) is 27.5. The predicted molar refractivity (Wildman–Crippen MR) is 334 cm³/mol. The third-order valence-electron chi connectivity index (χ3n) is 17.0. The van der Waals surface area contributed by atoms with Gasteiger partial charge in [0.05, 0.1) is 11.4 Å². The maximum atomic E-state index is 7.28. The van der Waals surface area contributed by atoms with Crippen molar-refractivity contribution in [2.24, 2.45) is 0 Å². The summed E-state index contributed by atoms with van der Waals surface area (Å²) in [6.07, 6.45) is 0. The minimum atomic E-state index is 0.687. The number of para-hydroxylation sites is 4. The van der Waals surface area contributed by atoms with Gasteiger partial charge >= 0.3 is 0 Å². The highest BCUT2D eigenvalue weighted by Gasteiger charge is 2.27. The van der Waals surface area contributed by atoms with Crippen molar-refractivity contribution in [3.63, 3.8) is 0 Å². The summed E-state index contributed by atoms with van der Waals surface area (Å²) in [5.74, 6) is 0. The van der Waals surface area contributed by atoms with Gasteiger partial charge in [0.1, 0.15) is 55.8 Å². The lowest BCUT2D eigenvalue weighted by Crippen LogP contribution is -2.10. The zero-order valence-corrected chi connectivity index (χ0v) is 43.4. The van der Waals surface area contributed by atoms with E-state index in [4.69, 9.17) is 26.5 Å². The van der Waals surface area contributed by atoms with E-state index in [9.17, 15) is 0 Å². The van der Waals surface area contributed by atoms with Gasteiger partial charge in [-0.15, -0.1) is 0 Å². The minimum absolute atomic E-state index is 0.687. The van der Waals surface area contributed by atoms with E-state index in [1.54, 1.807) is 0 Å². The average molecular weight is 1050 g/mol. The van der Waals surface area contributed by atoms with E-state index in [0.29, 0.717) is 11.2 Å². The van der Waals surface area contributed by atoms with Gasteiger partial charge in [0.15, 0.2) is 11.2 Å². The van der Waals surface area contributed by atoms with Crippen LogP contribution in [0.5, 0.6) is 0 Å². The molecule has 0 N–H and O–H groups in total. The predicted octanol–water partition coefficient (Wildman–Crippen LogP) is 22.3. The van der Waals surface area contributed by atoms with Crippen molar-refractivity contribution in [1.29, 1.82) is 0 Å². The molecule has 0 unspecified atom stereocenters. The molecule has 82 heavy (non-hydrogen) atoms. The third-order valence-corrected chi connectivity index (χ3v) is 17.0. The van der Waals surface area contributed by atoms with Crippen molar-refractivity contribution in [3.05, 3.63) is 243 Å². The molecule has 19 rings (SSSR count). The lowest BCUT2D eigenvalue weighted by Gasteiger charge is -2.27. The summed E-state index contributed by atoms with van der Waals surface area (Å²) in [5.41, 5.74) is 15.4. The van der Waals surface area contributed by atoms with Crippen LogP contribution in [0, 0.1) is 0 Å². The summed E-state index contributed by atoms with van der Waals surface area (Å²) >= 11 is 0. The highest BCUT2D eigenvalue weighted by Crippen LogP contribution is 2.51. The second-order valence-electron chi connectivity index (χ2n) is 21.4. The summed E-state index contributed by atoms with van der Waals surface area (Å²) in [7, 11) is 0. The van der Waals surface area contributed by atoms with E-state index < -0.39 is 0 Å². The molecular formula is C74H40N2O6. The van der Waals surface area contributed by atoms with Crippen LogP contribution < -0.4 is 9.80 Å². The molecule has 6 heterocycles. The zero-order chi connectivity index (χ0) is 53.3. The first-order valence-corrected chi connectivity index (χ1v) is 27.5. The summed E-state index contributed by atoms with van der Waals surface area (Å²) in [6.45, 7) is 0. The standard InChI is InChI=1S/C74H40N2O6/c1-3-19-51-45(13-1)59(75(41-25-31-65-55(35-41)47-15-5-9-21-61(47)77-65)42-26-32-66-56(36-42)48-16-6-10-22-62(48)78-66)39-69-71(51)53-29-30-54-72-52-20-4-2-14-46(52)60(40-70(72)82-74(54)73(53)81-69)76(43-27-33-67-57(37-43)49-17-7-11-23-63(49)79-67)44-28-34-68-58(38-44)50-18-8-12-24-64(50)80-68/h1-40H. The van der Waals surface area contributed by atoms with Gasteiger partial charge in [-0.1, -0.05) is 121 Å². The van der Waals surface area contributed by atoms with Crippen molar-refractivity contribution in [3.8, 4) is 0 Å².